The van der Waals surface area contributed by atoms with Crippen LogP contribution in [0.1, 0.15) is 26.3 Å². The topological polar surface area (TPSA) is 109 Å². The molecule has 0 unspecified atom stereocenters. The second-order valence-corrected chi connectivity index (χ2v) is 6.31. The number of aromatic amines is 1. The van der Waals surface area contributed by atoms with E-state index < -0.39 is 23.7 Å². The summed E-state index contributed by atoms with van der Waals surface area (Å²) in [7, 11) is 0. The van der Waals surface area contributed by atoms with Gasteiger partial charge in [0, 0.05) is 23.5 Å². The number of aliphatic carboxylic acids is 1. The minimum Gasteiger partial charge on any atom is -0.480 e. The van der Waals surface area contributed by atoms with Gasteiger partial charge in [0.25, 0.3) is 0 Å². The van der Waals surface area contributed by atoms with Crippen molar-refractivity contribution < 1.29 is 19.4 Å². The standard InChI is InChI=1S/C16H21N3O4/c1-16(2,3)23-15(22)19(17)13(14(20)21)8-10-9-18-12-7-5-4-6-11(10)12/h4-7,9,13,18H,8,17H2,1-3H3,(H,20,21)/t13-/m0/s1. The molecule has 1 amide bonds. The number of hydrazine groups is 1. The van der Waals surface area contributed by atoms with E-state index in [0.717, 1.165) is 16.5 Å². The minimum atomic E-state index is -1.22. The van der Waals surface area contributed by atoms with Crippen molar-refractivity contribution in [2.45, 2.75) is 38.8 Å². The van der Waals surface area contributed by atoms with Crippen LogP contribution in [0.3, 0.4) is 0 Å². The molecule has 0 aliphatic carbocycles. The third kappa shape index (κ3) is 4.01. The molecule has 124 valence electrons. The Kier molecular flexibility index (Phi) is 4.60. The highest BCUT2D eigenvalue weighted by atomic mass is 16.6. The van der Waals surface area contributed by atoms with Gasteiger partial charge in [0.15, 0.2) is 6.04 Å². The largest absolute Gasteiger partial charge is 0.480 e. The molecule has 0 radical (unpaired) electrons. The number of nitrogens with two attached hydrogens (primary N) is 1. The first-order valence-corrected chi connectivity index (χ1v) is 7.24. The second kappa shape index (κ2) is 6.29. The van der Waals surface area contributed by atoms with E-state index >= 15 is 0 Å². The molecule has 23 heavy (non-hydrogen) atoms. The van der Waals surface area contributed by atoms with E-state index in [2.05, 4.69) is 4.98 Å². The molecule has 0 bridgehead atoms. The van der Waals surface area contributed by atoms with Crippen LogP contribution in [0.2, 0.25) is 0 Å². The first-order valence-electron chi connectivity index (χ1n) is 7.24. The first kappa shape index (κ1) is 16.8. The Balaban J connectivity index is 2.22. The van der Waals surface area contributed by atoms with Crippen LogP contribution in [-0.2, 0) is 16.0 Å². The molecule has 4 N–H and O–H groups in total. The Morgan fingerprint density at radius 2 is 2.00 bits per heavy atom. The smallest absolute Gasteiger partial charge is 0.425 e. The third-order valence-corrected chi connectivity index (χ3v) is 3.31. The van der Waals surface area contributed by atoms with Crippen molar-refractivity contribution in [3.8, 4) is 0 Å². The zero-order valence-electron chi connectivity index (χ0n) is 13.4. The van der Waals surface area contributed by atoms with Gasteiger partial charge in [0.05, 0.1) is 0 Å². The minimum absolute atomic E-state index is 0.0785. The number of ether oxygens (including phenoxy) is 1. The molecule has 2 aromatic rings. The van der Waals surface area contributed by atoms with Crippen molar-refractivity contribution in [1.29, 1.82) is 0 Å². The summed E-state index contributed by atoms with van der Waals surface area (Å²) in [5.74, 6) is 4.51. The number of nitrogens with zero attached hydrogens (tertiary/aromatic N) is 1. The van der Waals surface area contributed by atoms with Gasteiger partial charge >= 0.3 is 12.1 Å². The highest BCUT2D eigenvalue weighted by Crippen LogP contribution is 2.20. The molecule has 0 spiro atoms. The van der Waals surface area contributed by atoms with Crippen LogP contribution in [0, 0.1) is 0 Å². The summed E-state index contributed by atoms with van der Waals surface area (Å²) in [6.07, 6.45) is 0.934. The number of rotatable bonds is 4. The van der Waals surface area contributed by atoms with E-state index in [1.165, 1.54) is 0 Å². The van der Waals surface area contributed by atoms with Gasteiger partial charge in [-0.3, -0.25) is 0 Å². The lowest BCUT2D eigenvalue weighted by molar-refractivity contribution is -0.143. The summed E-state index contributed by atoms with van der Waals surface area (Å²) >= 11 is 0. The second-order valence-electron chi connectivity index (χ2n) is 6.31. The van der Waals surface area contributed by atoms with E-state index in [9.17, 15) is 14.7 Å². The number of benzene rings is 1. The zero-order valence-corrected chi connectivity index (χ0v) is 13.4. The maximum Gasteiger partial charge on any atom is 0.425 e. The van der Waals surface area contributed by atoms with Crippen molar-refractivity contribution in [2.75, 3.05) is 0 Å². The Morgan fingerprint density at radius 3 is 2.61 bits per heavy atom. The summed E-state index contributed by atoms with van der Waals surface area (Å²) < 4.78 is 5.13. The number of carboxylic acid groups (broad SMARTS) is 1. The van der Waals surface area contributed by atoms with Crippen LogP contribution < -0.4 is 5.84 Å². The molecule has 1 aromatic heterocycles. The third-order valence-electron chi connectivity index (χ3n) is 3.31. The van der Waals surface area contributed by atoms with Crippen LogP contribution in [0.4, 0.5) is 4.79 Å². The fourth-order valence-corrected chi connectivity index (χ4v) is 2.26. The van der Waals surface area contributed by atoms with Gasteiger partial charge in [0.1, 0.15) is 5.60 Å². The zero-order chi connectivity index (χ0) is 17.2. The molecule has 7 heteroatoms. The van der Waals surface area contributed by atoms with Crippen molar-refractivity contribution in [3.05, 3.63) is 36.0 Å². The van der Waals surface area contributed by atoms with Crippen LogP contribution in [0.25, 0.3) is 10.9 Å². The number of carbonyl (C=O) groups excluding carboxylic acids is 1. The lowest BCUT2D eigenvalue weighted by Gasteiger charge is -2.27. The molecule has 2 rings (SSSR count). The summed E-state index contributed by atoms with van der Waals surface area (Å²) in [6.45, 7) is 5.07. The highest BCUT2D eigenvalue weighted by Gasteiger charge is 2.31. The number of carbonyl (C=O) groups is 2. The summed E-state index contributed by atoms with van der Waals surface area (Å²) in [4.78, 5) is 26.6. The maximum atomic E-state index is 12.0. The Labute approximate surface area is 134 Å². The number of nitrogens with one attached hydrogen (secondary N) is 1. The van der Waals surface area contributed by atoms with Crippen molar-refractivity contribution >= 4 is 23.0 Å². The van der Waals surface area contributed by atoms with Gasteiger partial charge in [-0.25, -0.2) is 20.4 Å². The Bertz CT molecular complexity index is 717. The fourth-order valence-electron chi connectivity index (χ4n) is 2.26. The molecule has 1 heterocycles. The molecule has 0 saturated carbocycles. The SMILES string of the molecule is CC(C)(C)OC(=O)N(N)[C@@H](Cc1c[nH]c2ccccc12)C(=O)O. The molecule has 0 aliphatic heterocycles. The van der Waals surface area contributed by atoms with Gasteiger partial charge in [-0.15, -0.1) is 0 Å². The maximum absolute atomic E-state index is 12.0. The predicted octanol–water partition coefficient (Wildman–Crippen LogP) is 2.27. The lowest BCUT2D eigenvalue weighted by Crippen LogP contribution is -2.52. The van der Waals surface area contributed by atoms with Gasteiger partial charge in [-0.2, -0.15) is 0 Å². The van der Waals surface area contributed by atoms with E-state index in [1.54, 1.807) is 27.0 Å². The van der Waals surface area contributed by atoms with E-state index in [4.69, 9.17) is 10.6 Å². The van der Waals surface area contributed by atoms with Crippen LogP contribution in [0.15, 0.2) is 30.5 Å². The summed E-state index contributed by atoms with van der Waals surface area (Å²) in [6, 6.07) is 6.30. The normalized spacial score (nSPS) is 12.9. The van der Waals surface area contributed by atoms with Crippen LogP contribution >= 0.6 is 0 Å². The van der Waals surface area contributed by atoms with Crippen LogP contribution in [-0.4, -0.2) is 38.8 Å². The molecule has 1 aromatic carbocycles. The first-order chi connectivity index (χ1) is 10.7. The molecule has 0 aliphatic rings. The van der Waals surface area contributed by atoms with Crippen molar-refractivity contribution in [3.63, 3.8) is 0 Å². The van der Waals surface area contributed by atoms with Gasteiger partial charge in [-0.05, 0) is 32.4 Å². The number of carboxylic acids is 1. The number of para-hydroxylation sites is 1. The number of hydrogen-bond acceptors (Lipinski definition) is 4. The van der Waals surface area contributed by atoms with Crippen molar-refractivity contribution in [1.82, 2.24) is 9.99 Å². The summed E-state index contributed by atoms with van der Waals surface area (Å²) in [5.41, 5.74) is 0.915. The predicted molar refractivity (Wildman–Crippen MR) is 85.7 cm³/mol. The number of aromatic nitrogens is 1. The highest BCUT2D eigenvalue weighted by molar-refractivity contribution is 5.85. The quantitative estimate of drug-likeness (QED) is 0.455. The van der Waals surface area contributed by atoms with Gasteiger partial charge in [-0.1, -0.05) is 18.2 Å². The molecular weight excluding hydrogens is 298 g/mol. The van der Waals surface area contributed by atoms with Gasteiger partial charge in [0.2, 0.25) is 0 Å². The molecule has 1 atom stereocenters. The number of H-pyrrole nitrogens is 1. The molecule has 7 nitrogen and oxygen atoms in total. The monoisotopic (exact) mass is 319 g/mol. The average molecular weight is 319 g/mol. The lowest BCUT2D eigenvalue weighted by atomic mass is 10.0. The van der Waals surface area contributed by atoms with Crippen molar-refractivity contribution in [2.24, 2.45) is 5.84 Å². The Hall–Kier alpha value is -2.54. The Morgan fingerprint density at radius 1 is 1.35 bits per heavy atom. The van der Waals surface area contributed by atoms with E-state index in [-0.39, 0.29) is 6.42 Å². The molecular formula is C16H21N3O4. The number of fused-ring (bicyclic) bond motifs is 1. The van der Waals surface area contributed by atoms with E-state index in [0.29, 0.717) is 5.01 Å². The molecule has 0 saturated heterocycles. The number of amides is 1. The van der Waals surface area contributed by atoms with Crippen LogP contribution in [0.5, 0.6) is 0 Å². The average Bonchev–Trinajstić information content (AvgIpc) is 2.85. The molecule has 0 fully saturated rings. The number of hydrogen-bond donors (Lipinski definition) is 3. The fraction of sp³-hybridized carbons (Fsp3) is 0.375. The van der Waals surface area contributed by atoms with E-state index in [1.807, 2.05) is 24.3 Å². The van der Waals surface area contributed by atoms with Gasteiger partial charge < -0.3 is 14.8 Å². The summed E-state index contributed by atoms with van der Waals surface area (Å²) in [5, 5.41) is 11.0.